The lowest BCUT2D eigenvalue weighted by Gasteiger charge is -2.19. The zero-order chi connectivity index (χ0) is 12.7. The summed E-state index contributed by atoms with van der Waals surface area (Å²) in [6, 6.07) is 5.05. The molecule has 0 atom stereocenters. The lowest BCUT2D eigenvalue weighted by Crippen LogP contribution is -2.09. The minimum Gasteiger partial charge on any atom is -0.507 e. The molecule has 96 valence electrons. The standard InChI is InChI=1S/C13H20O4/c1-4-15-10-7-8-12(14)11(9-10)13(16-5-2)17-6-3/h7-9,13-14H,4-6H2,1-3H3. The van der Waals surface area contributed by atoms with Crippen molar-refractivity contribution in [1.82, 2.24) is 0 Å². The molecule has 0 unspecified atom stereocenters. The predicted octanol–water partition coefficient (Wildman–Crippen LogP) is 2.86. The third kappa shape index (κ3) is 3.91. The maximum Gasteiger partial charge on any atom is 0.187 e. The zero-order valence-corrected chi connectivity index (χ0v) is 10.6. The van der Waals surface area contributed by atoms with E-state index < -0.39 is 6.29 Å². The Balaban J connectivity index is 2.94. The highest BCUT2D eigenvalue weighted by molar-refractivity contribution is 5.40. The molecule has 0 radical (unpaired) electrons. The number of phenols is 1. The van der Waals surface area contributed by atoms with E-state index in [1.807, 2.05) is 20.8 Å². The Morgan fingerprint density at radius 1 is 1.06 bits per heavy atom. The molecule has 0 aromatic heterocycles. The largest absolute Gasteiger partial charge is 0.507 e. The molecule has 0 saturated heterocycles. The van der Waals surface area contributed by atoms with Crippen LogP contribution in [-0.4, -0.2) is 24.9 Å². The minimum atomic E-state index is -0.551. The van der Waals surface area contributed by atoms with Gasteiger partial charge in [-0.2, -0.15) is 0 Å². The molecule has 1 N–H and O–H groups in total. The van der Waals surface area contributed by atoms with Crippen molar-refractivity contribution in [1.29, 1.82) is 0 Å². The van der Waals surface area contributed by atoms with Gasteiger partial charge in [0.1, 0.15) is 11.5 Å². The normalized spacial score (nSPS) is 10.8. The van der Waals surface area contributed by atoms with Crippen LogP contribution in [0.3, 0.4) is 0 Å². The van der Waals surface area contributed by atoms with Gasteiger partial charge in [-0.25, -0.2) is 0 Å². The van der Waals surface area contributed by atoms with Crippen LogP contribution in [0, 0.1) is 0 Å². The molecule has 0 saturated carbocycles. The van der Waals surface area contributed by atoms with Crippen LogP contribution >= 0.6 is 0 Å². The summed E-state index contributed by atoms with van der Waals surface area (Å²) in [5.74, 6) is 0.852. The first-order valence-corrected chi connectivity index (χ1v) is 5.91. The fourth-order valence-electron chi connectivity index (χ4n) is 1.51. The first-order chi connectivity index (χ1) is 8.22. The van der Waals surface area contributed by atoms with Crippen molar-refractivity contribution in [2.45, 2.75) is 27.1 Å². The Kier molecular flexibility index (Phi) is 5.80. The number of phenolic OH excluding ortho intramolecular Hbond substituents is 1. The minimum absolute atomic E-state index is 0.153. The van der Waals surface area contributed by atoms with Crippen LogP contribution in [0.4, 0.5) is 0 Å². The molecule has 0 aliphatic heterocycles. The second-order valence-electron chi connectivity index (χ2n) is 3.40. The number of hydrogen-bond acceptors (Lipinski definition) is 4. The van der Waals surface area contributed by atoms with Gasteiger partial charge in [-0.15, -0.1) is 0 Å². The summed E-state index contributed by atoms with van der Waals surface area (Å²) in [5, 5.41) is 9.81. The van der Waals surface area contributed by atoms with Crippen molar-refractivity contribution in [3.8, 4) is 11.5 Å². The van der Waals surface area contributed by atoms with Gasteiger partial charge in [-0.05, 0) is 39.0 Å². The number of benzene rings is 1. The maximum atomic E-state index is 9.81. The summed E-state index contributed by atoms with van der Waals surface area (Å²) in [5.41, 5.74) is 0.597. The van der Waals surface area contributed by atoms with Crippen molar-refractivity contribution < 1.29 is 19.3 Å². The van der Waals surface area contributed by atoms with Crippen molar-refractivity contribution in [3.05, 3.63) is 23.8 Å². The number of ether oxygens (including phenoxy) is 3. The second kappa shape index (κ2) is 7.14. The van der Waals surface area contributed by atoms with Crippen molar-refractivity contribution >= 4 is 0 Å². The van der Waals surface area contributed by atoms with E-state index in [4.69, 9.17) is 14.2 Å². The summed E-state index contributed by atoms with van der Waals surface area (Å²) in [6.07, 6.45) is -0.551. The van der Waals surface area contributed by atoms with Gasteiger partial charge in [0, 0.05) is 13.2 Å². The van der Waals surface area contributed by atoms with Crippen LogP contribution in [0.15, 0.2) is 18.2 Å². The third-order valence-corrected chi connectivity index (χ3v) is 2.20. The number of rotatable bonds is 7. The lowest BCUT2D eigenvalue weighted by molar-refractivity contribution is -0.141. The Morgan fingerprint density at radius 2 is 1.71 bits per heavy atom. The smallest absolute Gasteiger partial charge is 0.187 e. The van der Waals surface area contributed by atoms with Crippen LogP contribution in [0.25, 0.3) is 0 Å². The Bertz CT molecular complexity index is 332. The van der Waals surface area contributed by atoms with E-state index in [2.05, 4.69) is 0 Å². The number of aromatic hydroxyl groups is 1. The summed E-state index contributed by atoms with van der Waals surface area (Å²) in [6.45, 7) is 7.30. The molecule has 0 bridgehead atoms. The van der Waals surface area contributed by atoms with Gasteiger partial charge >= 0.3 is 0 Å². The van der Waals surface area contributed by atoms with Gasteiger partial charge in [0.2, 0.25) is 0 Å². The molecule has 17 heavy (non-hydrogen) atoms. The molecule has 0 spiro atoms. The fraction of sp³-hybridized carbons (Fsp3) is 0.538. The molecule has 0 aliphatic rings. The van der Waals surface area contributed by atoms with E-state index in [1.54, 1.807) is 18.2 Å². The first-order valence-electron chi connectivity index (χ1n) is 5.91. The fourth-order valence-corrected chi connectivity index (χ4v) is 1.51. The van der Waals surface area contributed by atoms with Crippen molar-refractivity contribution in [3.63, 3.8) is 0 Å². The van der Waals surface area contributed by atoms with E-state index in [-0.39, 0.29) is 5.75 Å². The molecule has 0 aliphatic carbocycles. The summed E-state index contributed by atoms with van der Waals surface area (Å²) >= 11 is 0. The topological polar surface area (TPSA) is 47.9 Å². The van der Waals surface area contributed by atoms with Crippen LogP contribution in [0.1, 0.15) is 32.6 Å². The Hall–Kier alpha value is -1.26. The number of hydrogen-bond donors (Lipinski definition) is 1. The van der Waals surface area contributed by atoms with Crippen LogP contribution in [0.5, 0.6) is 11.5 Å². The Morgan fingerprint density at radius 3 is 2.24 bits per heavy atom. The molecule has 1 aromatic carbocycles. The SMILES string of the molecule is CCOc1ccc(O)c(C(OCC)OCC)c1. The zero-order valence-electron chi connectivity index (χ0n) is 10.6. The van der Waals surface area contributed by atoms with Gasteiger partial charge in [-0.3, -0.25) is 0 Å². The highest BCUT2D eigenvalue weighted by Crippen LogP contribution is 2.31. The highest BCUT2D eigenvalue weighted by Gasteiger charge is 2.16. The highest BCUT2D eigenvalue weighted by atomic mass is 16.7. The van der Waals surface area contributed by atoms with E-state index in [0.717, 1.165) is 0 Å². The van der Waals surface area contributed by atoms with Crippen LogP contribution in [0.2, 0.25) is 0 Å². The molecule has 1 rings (SSSR count). The summed E-state index contributed by atoms with van der Waals surface area (Å²) < 4.78 is 16.3. The van der Waals surface area contributed by atoms with E-state index in [0.29, 0.717) is 31.1 Å². The molecule has 4 nitrogen and oxygen atoms in total. The quantitative estimate of drug-likeness (QED) is 0.744. The maximum absolute atomic E-state index is 9.81. The molecule has 0 fully saturated rings. The van der Waals surface area contributed by atoms with Gasteiger partial charge in [0.15, 0.2) is 6.29 Å². The lowest BCUT2D eigenvalue weighted by atomic mass is 10.2. The average molecular weight is 240 g/mol. The Labute approximate surface area is 102 Å². The monoisotopic (exact) mass is 240 g/mol. The third-order valence-electron chi connectivity index (χ3n) is 2.20. The first kappa shape index (κ1) is 13.8. The molecular weight excluding hydrogens is 220 g/mol. The van der Waals surface area contributed by atoms with Gasteiger partial charge in [0.25, 0.3) is 0 Å². The second-order valence-corrected chi connectivity index (χ2v) is 3.40. The summed E-state index contributed by atoms with van der Waals surface area (Å²) in [7, 11) is 0. The van der Waals surface area contributed by atoms with E-state index in [1.165, 1.54) is 0 Å². The van der Waals surface area contributed by atoms with Crippen LogP contribution < -0.4 is 4.74 Å². The van der Waals surface area contributed by atoms with E-state index >= 15 is 0 Å². The van der Waals surface area contributed by atoms with Gasteiger partial charge in [0.05, 0.1) is 12.2 Å². The van der Waals surface area contributed by atoms with Crippen molar-refractivity contribution in [2.75, 3.05) is 19.8 Å². The van der Waals surface area contributed by atoms with Gasteiger partial charge in [-0.1, -0.05) is 0 Å². The molecule has 0 amide bonds. The van der Waals surface area contributed by atoms with Crippen LogP contribution in [-0.2, 0) is 9.47 Å². The molecular formula is C13H20O4. The predicted molar refractivity (Wildman–Crippen MR) is 65.3 cm³/mol. The summed E-state index contributed by atoms with van der Waals surface area (Å²) in [4.78, 5) is 0. The van der Waals surface area contributed by atoms with Gasteiger partial charge < -0.3 is 19.3 Å². The van der Waals surface area contributed by atoms with Crippen molar-refractivity contribution in [2.24, 2.45) is 0 Å². The molecule has 0 heterocycles. The molecule has 4 heteroatoms. The average Bonchev–Trinajstić information content (AvgIpc) is 2.32. The molecule has 1 aromatic rings. The van der Waals surface area contributed by atoms with E-state index in [9.17, 15) is 5.11 Å².